The van der Waals surface area contributed by atoms with Crippen LogP contribution in [0.15, 0.2) is 53.7 Å². The Kier molecular flexibility index (Phi) is 7.12. The van der Waals surface area contributed by atoms with E-state index < -0.39 is 17.5 Å². The van der Waals surface area contributed by atoms with Gasteiger partial charge in [-0.3, -0.25) is 9.59 Å². The molecule has 0 fully saturated rings. The molecule has 156 valence electrons. The maximum atomic E-state index is 13.7. The fourth-order valence-corrected chi connectivity index (χ4v) is 3.47. The summed E-state index contributed by atoms with van der Waals surface area (Å²) in [6.07, 6.45) is 0. The molecule has 0 saturated carbocycles. The first-order chi connectivity index (χ1) is 14.5. The van der Waals surface area contributed by atoms with Crippen LogP contribution in [0.2, 0.25) is 0 Å². The van der Waals surface area contributed by atoms with Crippen molar-refractivity contribution in [3.63, 3.8) is 0 Å². The average Bonchev–Trinajstić information content (AvgIpc) is 3.14. The van der Waals surface area contributed by atoms with E-state index in [-0.39, 0.29) is 29.5 Å². The van der Waals surface area contributed by atoms with Crippen LogP contribution >= 0.6 is 11.8 Å². The molecule has 2 N–H and O–H groups in total. The van der Waals surface area contributed by atoms with Gasteiger partial charge in [0.1, 0.15) is 11.6 Å². The van der Waals surface area contributed by atoms with E-state index >= 15 is 0 Å². The van der Waals surface area contributed by atoms with Gasteiger partial charge in [0.05, 0.1) is 23.5 Å². The second-order valence-corrected chi connectivity index (χ2v) is 7.06. The van der Waals surface area contributed by atoms with Crippen molar-refractivity contribution in [1.29, 1.82) is 0 Å². The van der Waals surface area contributed by atoms with E-state index in [1.165, 1.54) is 36.4 Å². The quantitative estimate of drug-likeness (QED) is 0.535. The van der Waals surface area contributed by atoms with Gasteiger partial charge in [-0.25, -0.2) is 8.78 Å². The molecule has 0 atom stereocenters. The molecular weight excluding hydrogens is 412 g/mol. The summed E-state index contributed by atoms with van der Waals surface area (Å²) in [4.78, 5) is 24.3. The number of anilines is 1. The van der Waals surface area contributed by atoms with Crippen LogP contribution < -0.4 is 10.6 Å². The summed E-state index contributed by atoms with van der Waals surface area (Å²) in [5.74, 6) is -1.58. The Balaban J connectivity index is 1.58. The Labute approximate surface area is 175 Å². The largest absolute Gasteiger partial charge is 0.345 e. The van der Waals surface area contributed by atoms with Crippen LogP contribution in [0.25, 0.3) is 0 Å². The average molecular weight is 431 g/mol. The topological polar surface area (TPSA) is 88.9 Å². The predicted molar refractivity (Wildman–Crippen MR) is 109 cm³/mol. The van der Waals surface area contributed by atoms with Crippen molar-refractivity contribution in [2.75, 3.05) is 11.1 Å². The number of nitrogens with zero attached hydrogens (tertiary/aromatic N) is 3. The summed E-state index contributed by atoms with van der Waals surface area (Å²) in [5, 5.41) is 13.7. The van der Waals surface area contributed by atoms with Gasteiger partial charge in [0.2, 0.25) is 5.91 Å². The van der Waals surface area contributed by atoms with Gasteiger partial charge in [0, 0.05) is 6.54 Å². The molecule has 1 heterocycles. The third kappa shape index (κ3) is 5.20. The molecule has 0 saturated heterocycles. The third-order valence-corrected chi connectivity index (χ3v) is 5.08. The van der Waals surface area contributed by atoms with Gasteiger partial charge >= 0.3 is 0 Å². The zero-order valence-corrected chi connectivity index (χ0v) is 16.9. The molecule has 2 aromatic carbocycles. The van der Waals surface area contributed by atoms with Crippen molar-refractivity contribution in [3.05, 3.63) is 71.6 Å². The summed E-state index contributed by atoms with van der Waals surface area (Å²) < 4.78 is 29.1. The number of rotatable bonds is 8. The standard InChI is InChI=1S/C20H19F2N5O2S/c1-2-27-17(11-23-19(29)13-7-3-4-8-14(13)21)25-26-20(27)30-12-18(28)24-16-10-6-5-9-15(16)22/h3-10H,2,11-12H2,1H3,(H,23,29)(H,24,28). The summed E-state index contributed by atoms with van der Waals surface area (Å²) in [6, 6.07) is 11.6. The van der Waals surface area contributed by atoms with Crippen LogP contribution in [0.3, 0.4) is 0 Å². The number of benzene rings is 2. The molecule has 0 aliphatic rings. The molecule has 0 aliphatic carbocycles. The van der Waals surface area contributed by atoms with Crippen LogP contribution in [0.1, 0.15) is 23.1 Å². The van der Waals surface area contributed by atoms with Crippen molar-refractivity contribution in [1.82, 2.24) is 20.1 Å². The first-order valence-electron chi connectivity index (χ1n) is 9.11. The second kappa shape index (κ2) is 9.97. The summed E-state index contributed by atoms with van der Waals surface area (Å²) in [7, 11) is 0. The van der Waals surface area contributed by atoms with Gasteiger partial charge in [0.25, 0.3) is 5.91 Å². The van der Waals surface area contributed by atoms with Gasteiger partial charge in [-0.05, 0) is 31.2 Å². The lowest BCUT2D eigenvalue weighted by atomic mass is 10.2. The minimum Gasteiger partial charge on any atom is -0.345 e. The normalized spacial score (nSPS) is 10.6. The number of carbonyl (C=O) groups excluding carboxylic acids is 2. The zero-order valence-electron chi connectivity index (χ0n) is 16.1. The van der Waals surface area contributed by atoms with Crippen LogP contribution in [0.5, 0.6) is 0 Å². The van der Waals surface area contributed by atoms with E-state index in [2.05, 4.69) is 20.8 Å². The Hall–Kier alpha value is -3.27. The Morgan fingerprint density at radius 2 is 1.73 bits per heavy atom. The highest BCUT2D eigenvalue weighted by atomic mass is 32.2. The number of amides is 2. The number of thioether (sulfide) groups is 1. The van der Waals surface area contributed by atoms with Crippen molar-refractivity contribution >= 4 is 29.3 Å². The summed E-state index contributed by atoms with van der Waals surface area (Å²) in [5.41, 5.74) is 0.0519. The lowest BCUT2D eigenvalue weighted by molar-refractivity contribution is -0.113. The fraction of sp³-hybridized carbons (Fsp3) is 0.200. The lowest BCUT2D eigenvalue weighted by Gasteiger charge is -2.09. The molecule has 1 aromatic heterocycles. The van der Waals surface area contributed by atoms with Crippen molar-refractivity contribution < 1.29 is 18.4 Å². The zero-order chi connectivity index (χ0) is 21.5. The van der Waals surface area contributed by atoms with Crippen molar-refractivity contribution in [3.8, 4) is 0 Å². The lowest BCUT2D eigenvalue weighted by Crippen LogP contribution is -2.25. The van der Waals surface area contributed by atoms with E-state index in [0.29, 0.717) is 17.5 Å². The van der Waals surface area contributed by atoms with Crippen LogP contribution in [0.4, 0.5) is 14.5 Å². The summed E-state index contributed by atoms with van der Waals surface area (Å²) >= 11 is 1.14. The van der Waals surface area contributed by atoms with Crippen molar-refractivity contribution in [2.45, 2.75) is 25.2 Å². The highest BCUT2D eigenvalue weighted by Crippen LogP contribution is 2.19. The molecule has 3 aromatic rings. The smallest absolute Gasteiger partial charge is 0.254 e. The Bertz CT molecular complexity index is 1060. The maximum absolute atomic E-state index is 13.7. The second-order valence-electron chi connectivity index (χ2n) is 6.12. The van der Waals surface area contributed by atoms with Crippen LogP contribution in [-0.4, -0.2) is 32.3 Å². The molecule has 10 heteroatoms. The van der Waals surface area contributed by atoms with Crippen LogP contribution in [-0.2, 0) is 17.9 Å². The molecular formula is C20H19F2N5O2S. The first-order valence-corrected chi connectivity index (χ1v) is 10.1. The molecule has 3 rings (SSSR count). The number of hydrogen-bond acceptors (Lipinski definition) is 5. The van der Waals surface area contributed by atoms with E-state index in [0.717, 1.165) is 11.8 Å². The van der Waals surface area contributed by atoms with E-state index in [1.54, 1.807) is 16.7 Å². The third-order valence-electron chi connectivity index (χ3n) is 4.12. The van der Waals surface area contributed by atoms with Gasteiger partial charge in [0.15, 0.2) is 11.0 Å². The van der Waals surface area contributed by atoms with Gasteiger partial charge in [-0.15, -0.1) is 10.2 Å². The highest BCUT2D eigenvalue weighted by Gasteiger charge is 2.16. The first kappa shape index (κ1) is 21.4. The van der Waals surface area contributed by atoms with Crippen LogP contribution in [0, 0.1) is 11.6 Å². The van der Waals surface area contributed by atoms with E-state index in [4.69, 9.17) is 0 Å². The highest BCUT2D eigenvalue weighted by molar-refractivity contribution is 7.99. The Morgan fingerprint density at radius 3 is 2.43 bits per heavy atom. The maximum Gasteiger partial charge on any atom is 0.254 e. The minimum atomic E-state index is -0.607. The predicted octanol–water partition coefficient (Wildman–Crippen LogP) is 3.24. The molecule has 0 radical (unpaired) electrons. The molecule has 2 amide bonds. The monoisotopic (exact) mass is 431 g/mol. The van der Waals surface area contributed by atoms with Gasteiger partial charge in [-0.1, -0.05) is 36.0 Å². The number of aromatic nitrogens is 3. The molecule has 0 bridgehead atoms. The fourth-order valence-electron chi connectivity index (χ4n) is 2.65. The summed E-state index contributed by atoms with van der Waals surface area (Å²) in [6.45, 7) is 2.43. The number of hydrogen-bond donors (Lipinski definition) is 2. The molecule has 0 aliphatic heterocycles. The van der Waals surface area contributed by atoms with Crippen molar-refractivity contribution in [2.24, 2.45) is 0 Å². The molecule has 0 unspecified atom stereocenters. The molecule has 0 spiro atoms. The number of para-hydroxylation sites is 1. The minimum absolute atomic E-state index is 0.00799. The van der Waals surface area contributed by atoms with Gasteiger partial charge < -0.3 is 15.2 Å². The number of nitrogens with one attached hydrogen (secondary N) is 2. The SMILES string of the molecule is CCn1c(CNC(=O)c2ccccc2F)nnc1SCC(=O)Nc1ccccc1F. The molecule has 30 heavy (non-hydrogen) atoms. The number of carbonyl (C=O) groups is 2. The number of halogens is 2. The van der Waals surface area contributed by atoms with E-state index in [9.17, 15) is 18.4 Å². The molecule has 7 nitrogen and oxygen atoms in total. The van der Waals surface area contributed by atoms with Gasteiger partial charge in [-0.2, -0.15) is 0 Å². The van der Waals surface area contributed by atoms with E-state index in [1.807, 2.05) is 6.92 Å². The Morgan fingerprint density at radius 1 is 1.03 bits per heavy atom.